The Kier molecular flexibility index (Phi) is 5.26. The molecule has 8 nitrogen and oxygen atoms in total. The van der Waals surface area contributed by atoms with Crippen molar-refractivity contribution in [3.63, 3.8) is 0 Å². The first-order valence-corrected chi connectivity index (χ1v) is 11.8. The topological polar surface area (TPSA) is 130 Å². The number of carbonyl (C=O) groups excluding carboxylic acids is 1. The number of Topliss-reactive ketones (excluding diaryl/α,β-unsaturated/α-hetero) is 1. The van der Waals surface area contributed by atoms with E-state index in [0.717, 1.165) is 0 Å². The summed E-state index contributed by atoms with van der Waals surface area (Å²) in [5, 5.41) is 32.5. The molecule has 0 aromatic carbocycles. The molecule has 0 amide bonds. The predicted octanol–water partition coefficient (Wildman–Crippen LogP) is 2.85. The maximum Gasteiger partial charge on any atom is 0.351 e. The number of aliphatic hydroxyl groups excluding tert-OH is 3. The average molecular weight is 490 g/mol. The first kappa shape index (κ1) is 23.5. The molecule has 0 spiro atoms. The van der Waals surface area contributed by atoms with Gasteiger partial charge < -0.3 is 24.5 Å². The Bertz CT molecular complexity index is 1210. The van der Waals surface area contributed by atoms with E-state index in [0.29, 0.717) is 18.4 Å². The van der Waals surface area contributed by atoms with Crippen LogP contribution in [0.3, 0.4) is 0 Å². The van der Waals surface area contributed by atoms with Gasteiger partial charge in [0.15, 0.2) is 5.78 Å². The summed E-state index contributed by atoms with van der Waals surface area (Å²) in [5.74, 6) is -1.42. The zero-order valence-corrected chi connectivity index (χ0v) is 20.0. The van der Waals surface area contributed by atoms with Crippen LogP contribution in [-0.2, 0) is 0 Å². The summed E-state index contributed by atoms with van der Waals surface area (Å²) in [5.41, 5.74) is -3.42. The number of rotatable bonds is 2. The van der Waals surface area contributed by atoms with E-state index in [1.165, 1.54) is 12.3 Å². The highest BCUT2D eigenvalue weighted by atomic mass is 35.5. The minimum absolute atomic E-state index is 0.0619. The van der Waals surface area contributed by atoms with Gasteiger partial charge >= 0.3 is 5.63 Å². The highest BCUT2D eigenvalue weighted by molar-refractivity contribution is 6.29. The number of carbonyl (C=O) groups is 1. The molecule has 2 saturated carbocycles. The highest BCUT2D eigenvalue weighted by Crippen LogP contribution is 2.64. The standard InChI is InChI=1S/C25H28ClNO7/c1-23-7-6-16(29)24(2,11-28)15(23)9-17(30)25(3)21(23)20(31)19-14(34-25)8-13(33-22(19)32)12-4-5-18(26)27-10-12/h4-5,8,10,15-17,21,28-30H,6-7,9,11H2,1-3H3/t15-,16+,17+,21-,23+,24+,25-/m1/s1. The van der Waals surface area contributed by atoms with Crippen LogP contribution in [0.15, 0.2) is 33.6 Å². The van der Waals surface area contributed by atoms with Gasteiger partial charge in [-0.2, -0.15) is 0 Å². The Morgan fingerprint density at radius 2 is 1.91 bits per heavy atom. The highest BCUT2D eigenvalue weighted by Gasteiger charge is 2.69. The first-order chi connectivity index (χ1) is 16.0. The summed E-state index contributed by atoms with van der Waals surface area (Å²) in [6.45, 7) is 5.15. The molecule has 0 unspecified atom stereocenters. The Morgan fingerprint density at radius 3 is 2.56 bits per heavy atom. The molecular weight excluding hydrogens is 462 g/mol. The number of fused-ring (bicyclic) bond motifs is 4. The molecule has 7 atom stereocenters. The van der Waals surface area contributed by atoms with E-state index in [-0.39, 0.29) is 41.2 Å². The van der Waals surface area contributed by atoms with Crippen LogP contribution >= 0.6 is 11.6 Å². The summed E-state index contributed by atoms with van der Waals surface area (Å²) in [4.78, 5) is 31.0. The number of ether oxygens (including phenoxy) is 1. The Hall–Kier alpha value is -2.26. The number of hydrogen-bond donors (Lipinski definition) is 3. The molecule has 2 aromatic heterocycles. The average Bonchev–Trinajstić information content (AvgIpc) is 2.78. The molecule has 3 aliphatic rings. The zero-order chi connectivity index (χ0) is 24.6. The summed E-state index contributed by atoms with van der Waals surface area (Å²) in [6, 6.07) is 4.67. The molecule has 182 valence electrons. The Balaban J connectivity index is 1.65. The predicted molar refractivity (Wildman–Crippen MR) is 123 cm³/mol. The van der Waals surface area contributed by atoms with E-state index in [1.54, 1.807) is 26.0 Å². The number of halogens is 1. The van der Waals surface area contributed by atoms with Crippen molar-refractivity contribution < 1.29 is 29.3 Å². The molecule has 2 aromatic rings. The molecule has 3 heterocycles. The fourth-order valence-electron chi connectivity index (χ4n) is 6.85. The van der Waals surface area contributed by atoms with Gasteiger partial charge in [-0.05, 0) is 49.7 Å². The minimum atomic E-state index is -1.29. The Morgan fingerprint density at radius 1 is 1.18 bits per heavy atom. The molecule has 1 aliphatic heterocycles. The minimum Gasteiger partial charge on any atom is -0.483 e. The van der Waals surface area contributed by atoms with Gasteiger partial charge in [-0.1, -0.05) is 25.4 Å². The lowest BCUT2D eigenvalue weighted by molar-refractivity contribution is -0.226. The van der Waals surface area contributed by atoms with Gasteiger partial charge in [0.1, 0.15) is 27.8 Å². The second kappa shape index (κ2) is 7.62. The monoisotopic (exact) mass is 489 g/mol. The second-order valence-corrected chi connectivity index (χ2v) is 11.0. The maximum absolute atomic E-state index is 14.0. The van der Waals surface area contributed by atoms with E-state index >= 15 is 0 Å². The van der Waals surface area contributed by atoms with Crippen molar-refractivity contribution in [3.8, 4) is 17.1 Å². The van der Waals surface area contributed by atoms with Gasteiger partial charge in [-0.15, -0.1) is 0 Å². The van der Waals surface area contributed by atoms with E-state index in [9.17, 15) is 24.9 Å². The SMILES string of the molecule is C[C@]12CC[C@H](O)[C@@](C)(CO)[C@@H]1C[C@H](O)[C@@]1(C)Oc3cc(-c4ccc(Cl)nc4)oc(=O)c3C(=O)[C@H]21. The van der Waals surface area contributed by atoms with Crippen LogP contribution in [0.5, 0.6) is 5.75 Å². The molecule has 34 heavy (non-hydrogen) atoms. The number of nitrogens with zero attached hydrogens (tertiary/aromatic N) is 1. The Labute approximate surface area is 201 Å². The van der Waals surface area contributed by atoms with E-state index in [2.05, 4.69) is 4.98 Å². The smallest absolute Gasteiger partial charge is 0.351 e. The van der Waals surface area contributed by atoms with Crippen molar-refractivity contribution in [2.24, 2.45) is 22.7 Å². The molecule has 0 saturated heterocycles. The number of pyridine rings is 1. The fraction of sp³-hybridized carbons (Fsp3) is 0.560. The van der Waals surface area contributed by atoms with Gasteiger partial charge in [0.25, 0.3) is 0 Å². The third-order valence-corrected chi connectivity index (χ3v) is 8.99. The van der Waals surface area contributed by atoms with Crippen molar-refractivity contribution in [3.05, 3.63) is 45.5 Å². The summed E-state index contributed by atoms with van der Waals surface area (Å²) in [7, 11) is 0. The molecule has 5 rings (SSSR count). The number of hydrogen-bond acceptors (Lipinski definition) is 8. The number of ketones is 1. The summed E-state index contributed by atoms with van der Waals surface area (Å²) < 4.78 is 11.8. The molecule has 3 N–H and O–H groups in total. The lowest BCUT2D eigenvalue weighted by Gasteiger charge is -2.64. The van der Waals surface area contributed by atoms with Gasteiger partial charge in [0.05, 0.1) is 24.7 Å². The van der Waals surface area contributed by atoms with Crippen LogP contribution in [-0.4, -0.2) is 50.5 Å². The number of aromatic nitrogens is 1. The summed E-state index contributed by atoms with van der Waals surface area (Å²) in [6.07, 6.45) is 0.758. The van der Waals surface area contributed by atoms with Crippen LogP contribution in [0.1, 0.15) is 50.4 Å². The fourth-order valence-corrected chi connectivity index (χ4v) is 6.96. The third kappa shape index (κ3) is 3.05. The van der Waals surface area contributed by atoms with Crippen LogP contribution in [0, 0.1) is 22.7 Å². The van der Waals surface area contributed by atoms with Crippen molar-refractivity contribution in [2.75, 3.05) is 6.61 Å². The molecule has 2 aliphatic carbocycles. The van der Waals surface area contributed by atoms with Gasteiger partial charge in [0.2, 0.25) is 0 Å². The quantitative estimate of drug-likeness (QED) is 0.549. The molecule has 9 heteroatoms. The van der Waals surface area contributed by atoms with Crippen molar-refractivity contribution in [1.82, 2.24) is 4.98 Å². The number of aliphatic hydroxyl groups is 3. The van der Waals surface area contributed by atoms with Crippen LogP contribution in [0.2, 0.25) is 5.15 Å². The second-order valence-electron chi connectivity index (χ2n) is 10.6. The van der Waals surface area contributed by atoms with E-state index in [1.807, 2.05) is 6.92 Å². The first-order valence-electron chi connectivity index (χ1n) is 11.5. The zero-order valence-electron chi connectivity index (χ0n) is 19.2. The lowest BCUT2D eigenvalue weighted by Crippen LogP contribution is -2.71. The maximum atomic E-state index is 14.0. The normalized spacial score (nSPS) is 39.0. The lowest BCUT2D eigenvalue weighted by atomic mass is 9.43. The van der Waals surface area contributed by atoms with Crippen LogP contribution < -0.4 is 10.4 Å². The van der Waals surface area contributed by atoms with Crippen molar-refractivity contribution in [1.29, 1.82) is 0 Å². The van der Waals surface area contributed by atoms with Crippen LogP contribution in [0.25, 0.3) is 11.3 Å². The van der Waals surface area contributed by atoms with E-state index < -0.39 is 46.0 Å². The van der Waals surface area contributed by atoms with Gasteiger partial charge in [-0.3, -0.25) is 4.79 Å². The van der Waals surface area contributed by atoms with E-state index in [4.69, 9.17) is 20.8 Å². The van der Waals surface area contributed by atoms with Crippen molar-refractivity contribution in [2.45, 2.75) is 57.8 Å². The van der Waals surface area contributed by atoms with Gasteiger partial charge in [0, 0.05) is 23.2 Å². The molecular formula is C25H28ClNO7. The third-order valence-electron chi connectivity index (χ3n) is 8.77. The van der Waals surface area contributed by atoms with Gasteiger partial charge in [-0.25, -0.2) is 9.78 Å². The molecule has 0 bridgehead atoms. The van der Waals surface area contributed by atoms with Crippen molar-refractivity contribution >= 4 is 17.4 Å². The molecule has 0 radical (unpaired) electrons. The largest absolute Gasteiger partial charge is 0.483 e. The van der Waals surface area contributed by atoms with Crippen LogP contribution in [0.4, 0.5) is 0 Å². The summed E-state index contributed by atoms with van der Waals surface area (Å²) >= 11 is 5.85. The molecule has 2 fully saturated rings.